The van der Waals surface area contributed by atoms with E-state index >= 15 is 0 Å². The van der Waals surface area contributed by atoms with Crippen molar-refractivity contribution in [1.29, 1.82) is 0 Å². The van der Waals surface area contributed by atoms with Crippen molar-refractivity contribution < 1.29 is 18.7 Å². The number of furan rings is 1. The van der Waals surface area contributed by atoms with Crippen molar-refractivity contribution in [2.75, 3.05) is 11.4 Å². The normalized spacial score (nSPS) is 13.7. The van der Waals surface area contributed by atoms with Crippen molar-refractivity contribution in [1.82, 2.24) is 0 Å². The number of carbonyl (C=O) groups is 1. The lowest BCUT2D eigenvalue weighted by Gasteiger charge is -2.15. The average Bonchev–Trinajstić information content (AvgIpc) is 2.93. The molecule has 92 valence electrons. The minimum absolute atomic E-state index is 0.116. The Labute approximate surface area is 102 Å². The molecule has 0 unspecified atom stereocenters. The molecule has 3 rings (SSSR count). The van der Waals surface area contributed by atoms with Crippen molar-refractivity contribution in [2.45, 2.75) is 6.42 Å². The summed E-state index contributed by atoms with van der Waals surface area (Å²) < 4.78 is 18.5. The second-order valence-corrected chi connectivity index (χ2v) is 4.12. The fourth-order valence-corrected chi connectivity index (χ4v) is 2.17. The molecule has 2 aromatic rings. The zero-order chi connectivity index (χ0) is 12.7. The zero-order valence-electron chi connectivity index (χ0n) is 9.39. The van der Waals surface area contributed by atoms with E-state index in [1.54, 1.807) is 17.0 Å². The molecule has 1 aliphatic rings. The second kappa shape index (κ2) is 3.87. The molecule has 2 heterocycles. The Morgan fingerprint density at radius 2 is 2.17 bits per heavy atom. The summed E-state index contributed by atoms with van der Waals surface area (Å²) in [7, 11) is 0. The molecule has 0 spiro atoms. The molecular weight excluding hydrogens is 237 g/mol. The highest BCUT2D eigenvalue weighted by molar-refractivity contribution is 5.85. The van der Waals surface area contributed by atoms with Gasteiger partial charge in [0.2, 0.25) is 11.6 Å². The lowest BCUT2D eigenvalue weighted by atomic mass is 10.2. The first kappa shape index (κ1) is 10.8. The van der Waals surface area contributed by atoms with E-state index in [4.69, 9.17) is 9.52 Å². The van der Waals surface area contributed by atoms with Crippen LogP contribution in [0.5, 0.6) is 0 Å². The van der Waals surface area contributed by atoms with Crippen molar-refractivity contribution in [2.24, 2.45) is 0 Å². The summed E-state index contributed by atoms with van der Waals surface area (Å²) in [6, 6.07) is 7.59. The van der Waals surface area contributed by atoms with Crippen LogP contribution in [0.4, 0.5) is 16.0 Å². The lowest BCUT2D eigenvalue weighted by molar-refractivity contribution is 0.0663. The first-order valence-electron chi connectivity index (χ1n) is 5.54. The third-order valence-corrected chi connectivity index (χ3v) is 3.01. The number of fused-ring (bicyclic) bond motifs is 1. The Bertz CT molecular complexity index is 620. The molecular formula is C13H10FNO3. The summed E-state index contributed by atoms with van der Waals surface area (Å²) in [6.07, 6.45) is 0.790. The quantitative estimate of drug-likeness (QED) is 0.886. The van der Waals surface area contributed by atoms with Gasteiger partial charge in [0.25, 0.3) is 0 Å². The number of rotatable bonds is 2. The van der Waals surface area contributed by atoms with Gasteiger partial charge in [-0.1, -0.05) is 6.07 Å². The first-order chi connectivity index (χ1) is 8.65. The van der Waals surface area contributed by atoms with Gasteiger partial charge in [0, 0.05) is 18.3 Å². The van der Waals surface area contributed by atoms with Gasteiger partial charge < -0.3 is 14.4 Å². The highest BCUT2D eigenvalue weighted by Crippen LogP contribution is 2.35. The van der Waals surface area contributed by atoms with Crippen LogP contribution in [-0.4, -0.2) is 17.6 Å². The number of hydrogen-bond donors (Lipinski definition) is 1. The molecule has 5 heteroatoms. The highest BCUT2D eigenvalue weighted by Gasteiger charge is 2.24. The van der Waals surface area contributed by atoms with E-state index in [-0.39, 0.29) is 11.6 Å². The molecule has 1 N–H and O–H groups in total. The Morgan fingerprint density at radius 1 is 1.33 bits per heavy atom. The van der Waals surface area contributed by atoms with E-state index in [0.717, 1.165) is 17.7 Å². The van der Waals surface area contributed by atoms with E-state index in [1.165, 1.54) is 18.2 Å². The van der Waals surface area contributed by atoms with Crippen LogP contribution in [0.15, 0.2) is 34.7 Å². The molecule has 0 atom stereocenters. The number of carboxylic acid groups (broad SMARTS) is 1. The van der Waals surface area contributed by atoms with Crippen molar-refractivity contribution in [3.63, 3.8) is 0 Å². The summed E-state index contributed by atoms with van der Waals surface area (Å²) in [5.74, 6) is -1.11. The number of halogens is 1. The number of carboxylic acids is 1. The monoisotopic (exact) mass is 247 g/mol. The van der Waals surface area contributed by atoms with Crippen LogP contribution >= 0.6 is 0 Å². The minimum Gasteiger partial charge on any atom is -0.475 e. The summed E-state index contributed by atoms with van der Waals surface area (Å²) in [6.45, 7) is 0.658. The van der Waals surface area contributed by atoms with Gasteiger partial charge >= 0.3 is 5.97 Å². The van der Waals surface area contributed by atoms with E-state index in [2.05, 4.69) is 0 Å². The Morgan fingerprint density at radius 3 is 2.89 bits per heavy atom. The molecule has 1 aromatic heterocycles. The molecule has 18 heavy (non-hydrogen) atoms. The molecule has 1 aliphatic heterocycles. The predicted molar refractivity (Wildman–Crippen MR) is 62.8 cm³/mol. The SMILES string of the molecule is O=C(O)c1ccc(N2CCc3ccc(F)cc32)o1. The van der Waals surface area contributed by atoms with Gasteiger partial charge in [0.1, 0.15) is 5.82 Å². The number of hydrogen-bond acceptors (Lipinski definition) is 3. The predicted octanol–water partition coefficient (Wildman–Crippen LogP) is 2.81. The lowest BCUT2D eigenvalue weighted by Crippen LogP contribution is -2.12. The van der Waals surface area contributed by atoms with Gasteiger partial charge in [0.15, 0.2) is 0 Å². The maximum Gasteiger partial charge on any atom is 0.371 e. The van der Waals surface area contributed by atoms with Crippen LogP contribution in [0, 0.1) is 5.82 Å². The fraction of sp³-hybridized carbons (Fsp3) is 0.154. The molecule has 4 nitrogen and oxygen atoms in total. The molecule has 0 fully saturated rings. The van der Waals surface area contributed by atoms with E-state index in [0.29, 0.717) is 12.4 Å². The Kier molecular flexibility index (Phi) is 2.33. The maximum atomic E-state index is 13.2. The van der Waals surface area contributed by atoms with Crippen LogP contribution in [0.1, 0.15) is 16.1 Å². The fourth-order valence-electron chi connectivity index (χ4n) is 2.17. The smallest absolute Gasteiger partial charge is 0.371 e. The van der Waals surface area contributed by atoms with Gasteiger partial charge in [-0.05, 0) is 30.2 Å². The number of nitrogens with zero attached hydrogens (tertiary/aromatic N) is 1. The third kappa shape index (κ3) is 1.64. The Balaban J connectivity index is 2.00. The van der Waals surface area contributed by atoms with Gasteiger partial charge in [-0.15, -0.1) is 0 Å². The Hall–Kier alpha value is -2.30. The molecule has 0 bridgehead atoms. The molecule has 0 radical (unpaired) electrons. The van der Waals surface area contributed by atoms with Gasteiger partial charge in [-0.3, -0.25) is 0 Å². The minimum atomic E-state index is -1.11. The van der Waals surface area contributed by atoms with Gasteiger partial charge in [-0.2, -0.15) is 0 Å². The highest BCUT2D eigenvalue weighted by atomic mass is 19.1. The van der Waals surface area contributed by atoms with Crippen LogP contribution in [0.2, 0.25) is 0 Å². The summed E-state index contributed by atoms with van der Waals surface area (Å²) in [4.78, 5) is 12.5. The molecule has 0 saturated heterocycles. The summed E-state index contributed by atoms with van der Waals surface area (Å²) in [5, 5.41) is 8.81. The van der Waals surface area contributed by atoms with E-state index < -0.39 is 5.97 Å². The van der Waals surface area contributed by atoms with E-state index in [9.17, 15) is 9.18 Å². The number of benzene rings is 1. The average molecular weight is 247 g/mol. The largest absolute Gasteiger partial charge is 0.475 e. The van der Waals surface area contributed by atoms with Gasteiger partial charge in [-0.25, -0.2) is 9.18 Å². The van der Waals surface area contributed by atoms with Crippen LogP contribution in [0.3, 0.4) is 0 Å². The summed E-state index contributed by atoms with van der Waals surface area (Å²) >= 11 is 0. The summed E-state index contributed by atoms with van der Waals surface area (Å²) in [5.41, 5.74) is 1.77. The number of anilines is 2. The van der Waals surface area contributed by atoms with Crippen molar-refractivity contribution in [3.05, 3.63) is 47.5 Å². The third-order valence-electron chi connectivity index (χ3n) is 3.01. The second-order valence-electron chi connectivity index (χ2n) is 4.12. The molecule has 0 aliphatic carbocycles. The molecule has 1 aromatic carbocycles. The van der Waals surface area contributed by atoms with Crippen LogP contribution in [0.25, 0.3) is 0 Å². The van der Waals surface area contributed by atoms with Crippen molar-refractivity contribution in [3.8, 4) is 0 Å². The standard InChI is InChI=1S/C13H10FNO3/c14-9-2-1-8-5-6-15(10(8)7-9)12-4-3-11(18-12)13(16)17/h1-4,7H,5-6H2,(H,16,17). The molecule has 0 saturated carbocycles. The zero-order valence-corrected chi connectivity index (χ0v) is 9.39. The maximum absolute atomic E-state index is 13.2. The molecule has 0 amide bonds. The number of aromatic carboxylic acids is 1. The van der Waals surface area contributed by atoms with E-state index in [1.807, 2.05) is 0 Å². The van der Waals surface area contributed by atoms with Crippen LogP contribution in [-0.2, 0) is 6.42 Å². The van der Waals surface area contributed by atoms with Gasteiger partial charge in [0.05, 0.1) is 0 Å². The topological polar surface area (TPSA) is 53.7 Å². The van der Waals surface area contributed by atoms with Crippen molar-refractivity contribution >= 4 is 17.5 Å². The van der Waals surface area contributed by atoms with Crippen LogP contribution < -0.4 is 4.90 Å². The first-order valence-corrected chi connectivity index (χ1v) is 5.54.